The summed E-state index contributed by atoms with van der Waals surface area (Å²) in [5.41, 5.74) is -0.155. The topological polar surface area (TPSA) is 46.5 Å². The Morgan fingerprint density at radius 3 is 2.93 bits per heavy atom. The zero-order valence-electron chi connectivity index (χ0n) is 7.53. The number of ether oxygens (including phenoxy) is 1. The molecule has 0 saturated heterocycles. The summed E-state index contributed by atoms with van der Waals surface area (Å²) in [5.74, 6) is -1.07. The zero-order chi connectivity index (χ0) is 10.3. The van der Waals surface area contributed by atoms with Gasteiger partial charge in [0.05, 0.1) is 5.56 Å². The van der Waals surface area contributed by atoms with Crippen molar-refractivity contribution in [2.45, 2.75) is 19.1 Å². The molecule has 2 atom stereocenters. The van der Waals surface area contributed by atoms with Crippen molar-refractivity contribution in [1.82, 2.24) is 0 Å². The SMILES string of the molecule is C[C@@H]1Oc2cccc(F)c2C(=O)[C@@H]1O. The second-order valence-electron chi connectivity index (χ2n) is 3.25. The Hall–Kier alpha value is -1.42. The molecule has 1 aliphatic rings. The Labute approximate surface area is 80.1 Å². The van der Waals surface area contributed by atoms with Crippen molar-refractivity contribution >= 4 is 5.78 Å². The average molecular weight is 196 g/mol. The summed E-state index contributed by atoms with van der Waals surface area (Å²) in [4.78, 5) is 11.5. The van der Waals surface area contributed by atoms with E-state index in [9.17, 15) is 14.3 Å². The first kappa shape index (κ1) is 9.15. The highest BCUT2D eigenvalue weighted by molar-refractivity contribution is 6.03. The van der Waals surface area contributed by atoms with Gasteiger partial charge in [0.25, 0.3) is 0 Å². The van der Waals surface area contributed by atoms with E-state index in [1.54, 1.807) is 6.92 Å². The third-order valence-corrected chi connectivity index (χ3v) is 2.25. The van der Waals surface area contributed by atoms with Gasteiger partial charge in [-0.15, -0.1) is 0 Å². The van der Waals surface area contributed by atoms with E-state index in [1.807, 2.05) is 0 Å². The van der Waals surface area contributed by atoms with Gasteiger partial charge in [0.1, 0.15) is 17.7 Å². The maximum Gasteiger partial charge on any atom is 0.201 e. The first-order chi connectivity index (χ1) is 6.61. The highest BCUT2D eigenvalue weighted by Crippen LogP contribution is 2.29. The Morgan fingerprint density at radius 1 is 1.50 bits per heavy atom. The lowest BCUT2D eigenvalue weighted by Gasteiger charge is -2.26. The monoisotopic (exact) mass is 196 g/mol. The minimum absolute atomic E-state index is 0.155. The molecule has 0 aromatic heterocycles. The van der Waals surface area contributed by atoms with Gasteiger partial charge in [0.15, 0.2) is 6.10 Å². The second-order valence-corrected chi connectivity index (χ2v) is 3.25. The minimum Gasteiger partial charge on any atom is -0.487 e. The van der Waals surface area contributed by atoms with E-state index in [4.69, 9.17) is 4.74 Å². The molecule has 74 valence electrons. The molecule has 3 nitrogen and oxygen atoms in total. The van der Waals surface area contributed by atoms with Gasteiger partial charge < -0.3 is 9.84 Å². The van der Waals surface area contributed by atoms with Crippen molar-refractivity contribution in [1.29, 1.82) is 0 Å². The van der Waals surface area contributed by atoms with Crippen LogP contribution in [0.5, 0.6) is 5.75 Å². The molecule has 0 bridgehead atoms. The first-order valence-electron chi connectivity index (χ1n) is 4.28. The van der Waals surface area contributed by atoms with E-state index in [0.29, 0.717) is 0 Å². The molecule has 1 aliphatic heterocycles. The highest BCUT2D eigenvalue weighted by atomic mass is 19.1. The summed E-state index contributed by atoms with van der Waals surface area (Å²) in [5, 5.41) is 9.38. The van der Waals surface area contributed by atoms with Crippen LogP contribution in [0.25, 0.3) is 0 Å². The van der Waals surface area contributed by atoms with Crippen LogP contribution >= 0.6 is 0 Å². The number of aliphatic hydroxyl groups excluding tert-OH is 1. The molecule has 1 aromatic rings. The molecule has 1 heterocycles. The van der Waals surface area contributed by atoms with Crippen LogP contribution < -0.4 is 4.74 Å². The van der Waals surface area contributed by atoms with Crippen molar-refractivity contribution in [2.75, 3.05) is 0 Å². The number of halogens is 1. The number of Topliss-reactive ketones (excluding diaryl/α,β-unsaturated/α-hetero) is 1. The van der Waals surface area contributed by atoms with E-state index in [2.05, 4.69) is 0 Å². The molecule has 0 radical (unpaired) electrons. The van der Waals surface area contributed by atoms with Gasteiger partial charge in [-0.2, -0.15) is 0 Å². The van der Waals surface area contributed by atoms with Crippen LogP contribution in [-0.2, 0) is 0 Å². The molecule has 0 fully saturated rings. The van der Waals surface area contributed by atoms with Gasteiger partial charge in [0, 0.05) is 0 Å². The summed E-state index contributed by atoms with van der Waals surface area (Å²) in [6.45, 7) is 1.57. The van der Waals surface area contributed by atoms with Crippen molar-refractivity contribution < 1.29 is 19.0 Å². The summed E-state index contributed by atoms with van der Waals surface area (Å²) in [6.07, 6.45) is -1.91. The predicted octanol–water partition coefficient (Wildman–Crippen LogP) is 1.15. The zero-order valence-corrected chi connectivity index (χ0v) is 7.53. The number of hydrogen-bond donors (Lipinski definition) is 1. The number of fused-ring (bicyclic) bond motifs is 1. The highest BCUT2D eigenvalue weighted by Gasteiger charge is 2.34. The van der Waals surface area contributed by atoms with Crippen LogP contribution in [0.4, 0.5) is 4.39 Å². The molecular formula is C10H9FO3. The minimum atomic E-state index is -1.28. The molecule has 0 saturated carbocycles. The molecule has 0 amide bonds. The van der Waals surface area contributed by atoms with Crippen molar-refractivity contribution in [3.8, 4) is 5.75 Å². The van der Waals surface area contributed by atoms with Gasteiger partial charge in [0.2, 0.25) is 5.78 Å². The summed E-state index contributed by atoms with van der Waals surface area (Å²) in [7, 11) is 0. The quantitative estimate of drug-likeness (QED) is 0.677. The number of hydrogen-bond acceptors (Lipinski definition) is 3. The lowest BCUT2D eigenvalue weighted by molar-refractivity contribution is 0.0283. The van der Waals surface area contributed by atoms with Crippen molar-refractivity contribution in [3.63, 3.8) is 0 Å². The number of benzene rings is 1. The van der Waals surface area contributed by atoms with Gasteiger partial charge in [-0.1, -0.05) is 6.07 Å². The fourth-order valence-electron chi connectivity index (χ4n) is 1.47. The van der Waals surface area contributed by atoms with Crippen LogP contribution in [0.1, 0.15) is 17.3 Å². The Kier molecular flexibility index (Phi) is 2.00. The summed E-state index contributed by atoms with van der Waals surface area (Å²) < 4.78 is 18.4. The van der Waals surface area contributed by atoms with Crippen LogP contribution in [0.2, 0.25) is 0 Å². The van der Waals surface area contributed by atoms with E-state index < -0.39 is 23.8 Å². The normalized spacial score (nSPS) is 25.5. The van der Waals surface area contributed by atoms with Crippen LogP contribution in [0.15, 0.2) is 18.2 Å². The van der Waals surface area contributed by atoms with Crippen LogP contribution in [0.3, 0.4) is 0 Å². The maximum atomic E-state index is 13.2. The largest absolute Gasteiger partial charge is 0.487 e. The summed E-state index contributed by atoms with van der Waals surface area (Å²) in [6, 6.07) is 4.15. The van der Waals surface area contributed by atoms with Crippen LogP contribution in [-0.4, -0.2) is 23.1 Å². The van der Waals surface area contributed by atoms with Gasteiger partial charge in [-0.25, -0.2) is 4.39 Å². The third kappa shape index (κ3) is 1.19. The molecule has 4 heteroatoms. The maximum absolute atomic E-state index is 13.2. The summed E-state index contributed by atoms with van der Waals surface area (Å²) >= 11 is 0. The number of carbonyl (C=O) groups excluding carboxylic acids is 1. The molecule has 14 heavy (non-hydrogen) atoms. The van der Waals surface area contributed by atoms with Gasteiger partial charge in [-0.05, 0) is 19.1 Å². The van der Waals surface area contributed by atoms with Gasteiger partial charge >= 0.3 is 0 Å². The van der Waals surface area contributed by atoms with Crippen LogP contribution in [0, 0.1) is 5.82 Å². The Balaban J connectivity index is 2.57. The fourth-order valence-corrected chi connectivity index (χ4v) is 1.47. The van der Waals surface area contributed by atoms with Crippen molar-refractivity contribution in [2.24, 2.45) is 0 Å². The molecule has 0 spiro atoms. The standard InChI is InChI=1S/C10H9FO3/c1-5-9(12)10(13)8-6(11)3-2-4-7(8)14-5/h2-5,9,12H,1H3/t5-,9+/m0/s1. The van der Waals surface area contributed by atoms with E-state index in [1.165, 1.54) is 18.2 Å². The number of carbonyl (C=O) groups is 1. The first-order valence-corrected chi connectivity index (χ1v) is 4.28. The smallest absolute Gasteiger partial charge is 0.201 e. The fraction of sp³-hybridized carbons (Fsp3) is 0.300. The number of aliphatic hydroxyl groups is 1. The lowest BCUT2D eigenvalue weighted by Crippen LogP contribution is -2.40. The molecule has 1 N–H and O–H groups in total. The van der Waals surface area contributed by atoms with Crippen molar-refractivity contribution in [3.05, 3.63) is 29.6 Å². The second kappa shape index (κ2) is 3.06. The lowest BCUT2D eigenvalue weighted by atomic mass is 9.98. The predicted molar refractivity (Wildman–Crippen MR) is 46.8 cm³/mol. The Morgan fingerprint density at radius 2 is 2.21 bits per heavy atom. The molecule has 0 aliphatic carbocycles. The number of rotatable bonds is 0. The molecule has 0 unspecified atom stereocenters. The van der Waals surface area contributed by atoms with E-state index >= 15 is 0 Å². The number of ketones is 1. The van der Waals surface area contributed by atoms with Gasteiger partial charge in [-0.3, -0.25) is 4.79 Å². The molecular weight excluding hydrogens is 187 g/mol. The molecule has 2 rings (SSSR count). The molecule has 1 aromatic carbocycles. The van der Waals surface area contributed by atoms with E-state index in [0.717, 1.165) is 0 Å². The third-order valence-electron chi connectivity index (χ3n) is 2.25. The Bertz CT molecular complexity index is 389. The average Bonchev–Trinajstić information content (AvgIpc) is 2.14. The van der Waals surface area contributed by atoms with E-state index in [-0.39, 0.29) is 11.3 Å².